The van der Waals surface area contributed by atoms with E-state index in [2.05, 4.69) is 33.1 Å². The Bertz CT molecular complexity index is 410. The second-order valence-electron chi connectivity index (χ2n) is 4.00. The van der Waals surface area contributed by atoms with Gasteiger partial charge in [0.1, 0.15) is 5.75 Å². The lowest BCUT2D eigenvalue weighted by molar-refractivity contribution is 0.0949. The monoisotopic (exact) mass is 314 g/mol. The highest BCUT2D eigenvalue weighted by Gasteiger charge is 2.10. The minimum Gasteiger partial charge on any atom is -0.497 e. The van der Waals surface area contributed by atoms with Crippen molar-refractivity contribution in [3.63, 3.8) is 0 Å². The summed E-state index contributed by atoms with van der Waals surface area (Å²) in [5, 5.41) is 2.89. The fraction of sp³-hybridized carbons (Fsp3) is 0.462. The van der Waals surface area contributed by atoms with Gasteiger partial charge >= 0.3 is 0 Å². The quantitative estimate of drug-likeness (QED) is 0.874. The zero-order valence-electron chi connectivity index (χ0n) is 11.0. The SMILES string of the molecule is CCN(C)CCNC(=O)c1cc(OC)ccc1Br. The van der Waals surface area contributed by atoms with Crippen molar-refractivity contribution in [2.75, 3.05) is 33.8 Å². The van der Waals surface area contributed by atoms with E-state index in [0.29, 0.717) is 17.9 Å². The number of amides is 1. The van der Waals surface area contributed by atoms with Gasteiger partial charge < -0.3 is 15.0 Å². The van der Waals surface area contributed by atoms with Crippen LogP contribution in [0.4, 0.5) is 0 Å². The summed E-state index contributed by atoms with van der Waals surface area (Å²) < 4.78 is 5.88. The van der Waals surface area contributed by atoms with Crippen molar-refractivity contribution in [1.29, 1.82) is 0 Å². The number of carbonyl (C=O) groups excluding carboxylic acids is 1. The molecule has 0 saturated carbocycles. The van der Waals surface area contributed by atoms with Gasteiger partial charge in [0, 0.05) is 17.6 Å². The third-order valence-electron chi connectivity index (χ3n) is 2.74. The molecule has 1 aromatic rings. The van der Waals surface area contributed by atoms with Crippen LogP contribution in [0.5, 0.6) is 5.75 Å². The van der Waals surface area contributed by atoms with E-state index in [0.717, 1.165) is 17.6 Å². The summed E-state index contributed by atoms with van der Waals surface area (Å²) in [6.07, 6.45) is 0. The molecule has 1 aromatic carbocycles. The number of hydrogen-bond donors (Lipinski definition) is 1. The molecule has 0 fully saturated rings. The van der Waals surface area contributed by atoms with Crippen LogP contribution in [0.15, 0.2) is 22.7 Å². The third-order valence-corrected chi connectivity index (χ3v) is 3.43. The van der Waals surface area contributed by atoms with Gasteiger partial charge in [-0.15, -0.1) is 0 Å². The summed E-state index contributed by atoms with van der Waals surface area (Å²) in [4.78, 5) is 14.1. The lowest BCUT2D eigenvalue weighted by Crippen LogP contribution is -2.33. The minimum atomic E-state index is -0.0923. The van der Waals surface area contributed by atoms with Crippen LogP contribution >= 0.6 is 15.9 Å². The van der Waals surface area contributed by atoms with Gasteiger partial charge in [-0.1, -0.05) is 6.92 Å². The number of benzene rings is 1. The van der Waals surface area contributed by atoms with E-state index < -0.39 is 0 Å². The third kappa shape index (κ3) is 4.31. The summed E-state index contributed by atoms with van der Waals surface area (Å²) in [7, 11) is 3.61. The second kappa shape index (κ2) is 7.38. The molecule has 1 N–H and O–H groups in total. The molecule has 1 amide bonds. The Kier molecular flexibility index (Phi) is 6.15. The highest BCUT2D eigenvalue weighted by Crippen LogP contribution is 2.22. The first kappa shape index (κ1) is 15.0. The molecule has 0 unspecified atom stereocenters. The molecule has 0 aromatic heterocycles. The van der Waals surface area contributed by atoms with Crippen LogP contribution in [-0.2, 0) is 0 Å². The van der Waals surface area contributed by atoms with Gasteiger partial charge in [0.25, 0.3) is 5.91 Å². The van der Waals surface area contributed by atoms with Crippen molar-refractivity contribution < 1.29 is 9.53 Å². The first-order chi connectivity index (χ1) is 8.58. The van der Waals surface area contributed by atoms with E-state index in [4.69, 9.17) is 4.74 Å². The van der Waals surface area contributed by atoms with Crippen molar-refractivity contribution in [2.24, 2.45) is 0 Å². The first-order valence-corrected chi connectivity index (χ1v) is 6.68. The van der Waals surface area contributed by atoms with E-state index in [-0.39, 0.29) is 5.91 Å². The Morgan fingerprint density at radius 2 is 2.22 bits per heavy atom. The molecule has 1 rings (SSSR count). The molecule has 5 heteroatoms. The smallest absolute Gasteiger partial charge is 0.252 e. The maximum absolute atomic E-state index is 12.0. The van der Waals surface area contributed by atoms with Crippen molar-refractivity contribution >= 4 is 21.8 Å². The molecule has 0 aliphatic heterocycles. The van der Waals surface area contributed by atoms with Crippen LogP contribution in [0.25, 0.3) is 0 Å². The molecular weight excluding hydrogens is 296 g/mol. The van der Waals surface area contributed by atoms with Crippen LogP contribution in [0.1, 0.15) is 17.3 Å². The fourth-order valence-electron chi connectivity index (χ4n) is 1.42. The normalized spacial score (nSPS) is 10.5. The van der Waals surface area contributed by atoms with Gasteiger partial charge in [-0.3, -0.25) is 4.79 Å². The number of ether oxygens (including phenoxy) is 1. The van der Waals surface area contributed by atoms with Gasteiger partial charge in [-0.2, -0.15) is 0 Å². The molecule has 0 aliphatic carbocycles. The Morgan fingerprint density at radius 1 is 1.50 bits per heavy atom. The van der Waals surface area contributed by atoms with Gasteiger partial charge in [0.2, 0.25) is 0 Å². The molecule has 0 bridgehead atoms. The number of methoxy groups -OCH3 is 1. The van der Waals surface area contributed by atoms with E-state index in [1.54, 1.807) is 13.2 Å². The number of nitrogens with zero attached hydrogens (tertiary/aromatic N) is 1. The maximum atomic E-state index is 12.0. The summed E-state index contributed by atoms with van der Waals surface area (Å²) >= 11 is 3.37. The van der Waals surface area contributed by atoms with E-state index in [1.165, 1.54) is 0 Å². The number of hydrogen-bond acceptors (Lipinski definition) is 3. The van der Waals surface area contributed by atoms with Gasteiger partial charge in [-0.25, -0.2) is 0 Å². The van der Waals surface area contributed by atoms with Crippen LogP contribution in [-0.4, -0.2) is 44.6 Å². The van der Waals surface area contributed by atoms with Crippen molar-refractivity contribution in [2.45, 2.75) is 6.92 Å². The molecule has 0 atom stereocenters. The Morgan fingerprint density at radius 3 is 2.83 bits per heavy atom. The molecule has 0 radical (unpaired) electrons. The molecular formula is C13H19BrN2O2. The van der Waals surface area contributed by atoms with Crippen molar-refractivity contribution in [3.05, 3.63) is 28.2 Å². The number of nitrogens with one attached hydrogen (secondary N) is 1. The zero-order valence-corrected chi connectivity index (χ0v) is 12.6. The van der Waals surface area contributed by atoms with Gasteiger partial charge in [0.05, 0.1) is 12.7 Å². The largest absolute Gasteiger partial charge is 0.497 e. The van der Waals surface area contributed by atoms with Crippen molar-refractivity contribution in [1.82, 2.24) is 10.2 Å². The summed E-state index contributed by atoms with van der Waals surface area (Å²) in [6.45, 7) is 4.52. The van der Waals surface area contributed by atoms with E-state index in [9.17, 15) is 4.79 Å². The molecule has 0 spiro atoms. The molecule has 0 saturated heterocycles. The van der Waals surface area contributed by atoms with Crippen molar-refractivity contribution in [3.8, 4) is 5.75 Å². The highest BCUT2D eigenvalue weighted by molar-refractivity contribution is 9.10. The minimum absolute atomic E-state index is 0.0923. The lowest BCUT2D eigenvalue weighted by Gasteiger charge is -2.14. The van der Waals surface area contributed by atoms with Crippen LogP contribution in [0, 0.1) is 0 Å². The van der Waals surface area contributed by atoms with Crippen LogP contribution < -0.4 is 10.1 Å². The molecule has 0 heterocycles. The van der Waals surface area contributed by atoms with Gasteiger partial charge in [0.15, 0.2) is 0 Å². The topological polar surface area (TPSA) is 41.6 Å². The zero-order chi connectivity index (χ0) is 13.5. The molecule has 0 aliphatic rings. The van der Waals surface area contributed by atoms with Gasteiger partial charge in [-0.05, 0) is 47.7 Å². The second-order valence-corrected chi connectivity index (χ2v) is 4.85. The number of likely N-dealkylation sites (N-methyl/N-ethyl adjacent to an activating group) is 1. The average Bonchev–Trinajstić information content (AvgIpc) is 2.38. The lowest BCUT2D eigenvalue weighted by atomic mass is 10.2. The summed E-state index contributed by atoms with van der Waals surface area (Å²) in [5.41, 5.74) is 0.591. The maximum Gasteiger partial charge on any atom is 0.252 e. The Balaban J connectivity index is 2.61. The predicted molar refractivity (Wildman–Crippen MR) is 76.2 cm³/mol. The molecule has 18 heavy (non-hydrogen) atoms. The highest BCUT2D eigenvalue weighted by atomic mass is 79.9. The number of halogens is 1. The van der Waals surface area contributed by atoms with E-state index in [1.807, 2.05) is 19.2 Å². The van der Waals surface area contributed by atoms with Crippen LogP contribution in [0.2, 0.25) is 0 Å². The first-order valence-electron chi connectivity index (χ1n) is 5.88. The number of rotatable bonds is 6. The standard InChI is InChI=1S/C13H19BrN2O2/c1-4-16(2)8-7-15-13(17)11-9-10(18-3)5-6-12(11)14/h5-6,9H,4,7-8H2,1-3H3,(H,15,17). The Hall–Kier alpha value is -1.07. The fourth-order valence-corrected chi connectivity index (χ4v) is 1.85. The molecule has 100 valence electrons. The average molecular weight is 315 g/mol. The van der Waals surface area contributed by atoms with Crippen LogP contribution in [0.3, 0.4) is 0 Å². The van der Waals surface area contributed by atoms with E-state index >= 15 is 0 Å². The number of carbonyl (C=O) groups is 1. The Labute approximate surface area is 116 Å². The predicted octanol–water partition coefficient (Wildman–Crippen LogP) is 2.14. The molecule has 4 nitrogen and oxygen atoms in total. The summed E-state index contributed by atoms with van der Waals surface area (Å²) in [6, 6.07) is 5.35. The summed E-state index contributed by atoms with van der Waals surface area (Å²) in [5.74, 6) is 0.583.